The number of nitro benzene ring substituents is 1. The molecule has 1 aromatic carbocycles. The van der Waals surface area contributed by atoms with Crippen LogP contribution in [-0.2, 0) is 0 Å². The molecule has 0 radical (unpaired) electrons. The number of carbonyl (C=O) groups excluding carboxylic acids is 1. The summed E-state index contributed by atoms with van der Waals surface area (Å²) in [6.07, 6.45) is 2.81. The molecular formula is C14H8FN3O3. The van der Waals surface area contributed by atoms with Gasteiger partial charge in [-0.3, -0.25) is 19.3 Å². The molecule has 3 aromatic rings. The van der Waals surface area contributed by atoms with E-state index in [1.807, 2.05) is 0 Å². The first-order chi connectivity index (χ1) is 10.1. The molecule has 2 heterocycles. The zero-order chi connectivity index (χ0) is 15.0. The fourth-order valence-electron chi connectivity index (χ4n) is 2.03. The van der Waals surface area contributed by atoms with Gasteiger partial charge in [-0.05, 0) is 24.3 Å². The molecule has 0 aliphatic rings. The fraction of sp³-hybridized carbons (Fsp3) is 0. The zero-order valence-corrected chi connectivity index (χ0v) is 10.6. The molecule has 0 aliphatic heterocycles. The predicted octanol–water partition coefficient (Wildman–Crippen LogP) is 2.61. The topological polar surface area (TPSA) is 77.5 Å². The first-order valence-corrected chi connectivity index (χ1v) is 5.98. The average molecular weight is 285 g/mol. The number of nitrogens with zero attached hydrogens (tertiary/aromatic N) is 3. The number of pyridine rings is 1. The monoisotopic (exact) mass is 285 g/mol. The number of aromatic nitrogens is 2. The lowest BCUT2D eigenvalue weighted by Gasteiger charge is -2.01. The molecule has 0 unspecified atom stereocenters. The summed E-state index contributed by atoms with van der Waals surface area (Å²) in [6.45, 7) is 0. The van der Waals surface area contributed by atoms with Crippen LogP contribution in [0.1, 0.15) is 16.1 Å². The van der Waals surface area contributed by atoms with Gasteiger partial charge in [-0.2, -0.15) is 0 Å². The Morgan fingerprint density at radius 2 is 1.95 bits per heavy atom. The summed E-state index contributed by atoms with van der Waals surface area (Å²) in [5.74, 6) is -0.914. The highest BCUT2D eigenvalue weighted by Gasteiger charge is 2.16. The molecule has 0 N–H and O–H groups in total. The molecule has 7 heteroatoms. The second-order valence-electron chi connectivity index (χ2n) is 4.33. The van der Waals surface area contributed by atoms with Gasteiger partial charge in [-0.1, -0.05) is 0 Å². The van der Waals surface area contributed by atoms with E-state index in [4.69, 9.17) is 0 Å². The third-order valence-corrected chi connectivity index (χ3v) is 3.06. The first kappa shape index (κ1) is 12.9. The van der Waals surface area contributed by atoms with Crippen molar-refractivity contribution in [2.75, 3.05) is 0 Å². The van der Waals surface area contributed by atoms with Crippen LogP contribution in [0.4, 0.5) is 10.1 Å². The summed E-state index contributed by atoms with van der Waals surface area (Å²) in [5.41, 5.74) is 0.420. The first-order valence-electron chi connectivity index (χ1n) is 5.98. The minimum absolute atomic E-state index is 0.0581. The highest BCUT2D eigenvalue weighted by molar-refractivity contribution is 6.08. The maximum atomic E-state index is 13.5. The number of carbonyl (C=O) groups is 1. The van der Waals surface area contributed by atoms with Crippen molar-refractivity contribution in [1.29, 1.82) is 0 Å². The van der Waals surface area contributed by atoms with Gasteiger partial charge in [0.1, 0.15) is 5.69 Å². The number of hydrogen-bond acceptors (Lipinski definition) is 4. The molecule has 104 valence electrons. The third kappa shape index (κ3) is 2.14. The molecule has 3 rings (SSSR count). The Kier molecular flexibility index (Phi) is 2.94. The maximum absolute atomic E-state index is 13.5. The summed E-state index contributed by atoms with van der Waals surface area (Å²) in [6, 6.07) is 7.94. The Balaban J connectivity index is 2.04. The predicted molar refractivity (Wildman–Crippen MR) is 71.7 cm³/mol. The SMILES string of the molecule is O=C(c1ccc([N+](=O)[O-])cc1)c1cnc2c(F)cccn12. The second kappa shape index (κ2) is 4.78. The minimum Gasteiger partial charge on any atom is -0.294 e. The molecule has 0 saturated heterocycles. The van der Waals surface area contributed by atoms with Crippen LogP contribution < -0.4 is 0 Å². The summed E-state index contributed by atoms with van der Waals surface area (Å²) < 4.78 is 14.9. The van der Waals surface area contributed by atoms with Crippen LogP contribution >= 0.6 is 0 Å². The molecular weight excluding hydrogens is 277 g/mol. The number of ketones is 1. The van der Waals surface area contributed by atoms with Gasteiger partial charge in [-0.15, -0.1) is 0 Å². The Morgan fingerprint density at radius 3 is 2.62 bits per heavy atom. The van der Waals surface area contributed by atoms with Crippen LogP contribution in [0.15, 0.2) is 48.8 Å². The third-order valence-electron chi connectivity index (χ3n) is 3.06. The molecule has 0 aliphatic carbocycles. The van der Waals surface area contributed by atoms with Gasteiger partial charge in [0.05, 0.1) is 11.1 Å². The van der Waals surface area contributed by atoms with Crippen LogP contribution in [0.25, 0.3) is 5.65 Å². The van der Waals surface area contributed by atoms with Crippen molar-refractivity contribution in [3.05, 3.63) is 76.0 Å². The summed E-state index contributed by atoms with van der Waals surface area (Å²) in [7, 11) is 0. The molecule has 0 spiro atoms. The summed E-state index contributed by atoms with van der Waals surface area (Å²) >= 11 is 0. The van der Waals surface area contributed by atoms with Crippen molar-refractivity contribution >= 4 is 17.1 Å². The number of benzene rings is 1. The van der Waals surface area contributed by atoms with Gasteiger partial charge in [0.2, 0.25) is 5.78 Å². The van der Waals surface area contributed by atoms with Crippen LogP contribution in [0.2, 0.25) is 0 Å². The van der Waals surface area contributed by atoms with Crippen molar-refractivity contribution in [2.24, 2.45) is 0 Å². The largest absolute Gasteiger partial charge is 0.294 e. The van der Waals surface area contributed by atoms with E-state index in [1.165, 1.54) is 53.2 Å². The van der Waals surface area contributed by atoms with E-state index < -0.39 is 10.7 Å². The number of fused-ring (bicyclic) bond motifs is 1. The quantitative estimate of drug-likeness (QED) is 0.421. The van der Waals surface area contributed by atoms with E-state index in [2.05, 4.69) is 4.98 Å². The van der Waals surface area contributed by atoms with Crippen molar-refractivity contribution in [3.63, 3.8) is 0 Å². The van der Waals surface area contributed by atoms with Gasteiger partial charge in [-0.25, -0.2) is 9.37 Å². The van der Waals surface area contributed by atoms with E-state index in [-0.39, 0.29) is 28.4 Å². The normalized spacial score (nSPS) is 10.7. The summed E-state index contributed by atoms with van der Waals surface area (Å²) in [5, 5.41) is 10.6. The Hall–Kier alpha value is -3.09. The van der Waals surface area contributed by atoms with E-state index in [0.29, 0.717) is 0 Å². The molecule has 21 heavy (non-hydrogen) atoms. The maximum Gasteiger partial charge on any atom is 0.269 e. The highest BCUT2D eigenvalue weighted by Crippen LogP contribution is 2.17. The summed E-state index contributed by atoms with van der Waals surface area (Å²) in [4.78, 5) is 26.3. The van der Waals surface area contributed by atoms with Crippen molar-refractivity contribution in [3.8, 4) is 0 Å². The molecule has 0 atom stereocenters. The smallest absolute Gasteiger partial charge is 0.269 e. The van der Waals surface area contributed by atoms with Crippen LogP contribution in [0, 0.1) is 15.9 Å². The van der Waals surface area contributed by atoms with Gasteiger partial charge in [0.25, 0.3) is 5.69 Å². The minimum atomic E-state index is -0.544. The molecule has 0 bridgehead atoms. The number of hydrogen-bond donors (Lipinski definition) is 0. The van der Waals surface area contributed by atoms with Crippen molar-refractivity contribution in [1.82, 2.24) is 9.38 Å². The van der Waals surface area contributed by atoms with E-state index in [9.17, 15) is 19.3 Å². The molecule has 0 fully saturated rings. The standard InChI is InChI=1S/C14H8FN3O3/c15-11-2-1-7-17-12(8-16-14(11)17)13(19)9-3-5-10(6-4-9)18(20)21/h1-8H. The Bertz CT molecular complexity index is 856. The lowest BCUT2D eigenvalue weighted by molar-refractivity contribution is -0.384. The fourth-order valence-corrected chi connectivity index (χ4v) is 2.03. The van der Waals surface area contributed by atoms with Gasteiger partial charge >= 0.3 is 0 Å². The Morgan fingerprint density at radius 1 is 1.24 bits per heavy atom. The van der Waals surface area contributed by atoms with Crippen LogP contribution in [0.5, 0.6) is 0 Å². The van der Waals surface area contributed by atoms with Crippen molar-refractivity contribution in [2.45, 2.75) is 0 Å². The van der Waals surface area contributed by atoms with Crippen molar-refractivity contribution < 1.29 is 14.1 Å². The van der Waals surface area contributed by atoms with E-state index in [0.717, 1.165) is 0 Å². The lowest BCUT2D eigenvalue weighted by atomic mass is 10.1. The molecule has 0 saturated carbocycles. The number of rotatable bonds is 3. The van der Waals surface area contributed by atoms with E-state index >= 15 is 0 Å². The lowest BCUT2D eigenvalue weighted by Crippen LogP contribution is -2.05. The van der Waals surface area contributed by atoms with Gasteiger partial charge < -0.3 is 0 Å². The zero-order valence-electron chi connectivity index (χ0n) is 10.6. The van der Waals surface area contributed by atoms with Gasteiger partial charge in [0, 0.05) is 23.9 Å². The van der Waals surface area contributed by atoms with Crippen LogP contribution in [-0.4, -0.2) is 20.1 Å². The van der Waals surface area contributed by atoms with E-state index in [1.54, 1.807) is 0 Å². The van der Waals surface area contributed by atoms with Gasteiger partial charge in [0.15, 0.2) is 11.5 Å². The molecule has 6 nitrogen and oxygen atoms in total. The number of halogens is 1. The molecule has 0 amide bonds. The van der Waals surface area contributed by atoms with Crippen LogP contribution in [0.3, 0.4) is 0 Å². The average Bonchev–Trinajstić information content (AvgIpc) is 2.92. The number of imidazole rings is 1. The Labute approximate surface area is 117 Å². The number of non-ortho nitro benzene ring substituents is 1. The molecule has 2 aromatic heterocycles. The number of nitro groups is 1. The highest BCUT2D eigenvalue weighted by atomic mass is 19.1. The second-order valence-corrected chi connectivity index (χ2v) is 4.33.